The van der Waals surface area contributed by atoms with Crippen molar-refractivity contribution in [2.45, 2.75) is 57.2 Å². The van der Waals surface area contributed by atoms with Gasteiger partial charge in [0.05, 0.1) is 23.4 Å². The second kappa shape index (κ2) is 8.55. The van der Waals surface area contributed by atoms with Crippen LogP contribution in [0.4, 0.5) is 23.2 Å². The number of rotatable bonds is 7. The summed E-state index contributed by atoms with van der Waals surface area (Å²) in [5.74, 6) is -1.37. The molecule has 2 unspecified atom stereocenters. The van der Waals surface area contributed by atoms with Gasteiger partial charge >= 0.3 is 6.18 Å². The van der Waals surface area contributed by atoms with E-state index < -0.39 is 38.9 Å². The molecule has 3 rings (SSSR count). The third-order valence-electron chi connectivity index (χ3n) is 6.68. The van der Waals surface area contributed by atoms with E-state index in [4.69, 9.17) is 0 Å². The van der Waals surface area contributed by atoms with Gasteiger partial charge in [0.1, 0.15) is 5.82 Å². The second-order valence-corrected chi connectivity index (χ2v) is 11.5. The molecule has 10 heteroatoms. The minimum absolute atomic E-state index is 0.151. The van der Waals surface area contributed by atoms with E-state index in [0.717, 1.165) is 31.7 Å². The van der Waals surface area contributed by atoms with Crippen LogP contribution in [0.1, 0.15) is 56.8 Å². The number of hydrogen-bond acceptors (Lipinski definition) is 3. The zero-order valence-corrected chi connectivity index (χ0v) is 20.4. The highest BCUT2D eigenvalue weighted by molar-refractivity contribution is 7.92. The molecule has 0 aliphatic heterocycles. The Kier molecular flexibility index (Phi) is 6.54. The van der Waals surface area contributed by atoms with Gasteiger partial charge in [-0.05, 0) is 56.0 Å². The Bertz CT molecular complexity index is 1190. The van der Waals surface area contributed by atoms with Crippen molar-refractivity contribution in [2.24, 2.45) is 5.92 Å². The molecular formula is C24H28F4N2O3S. The Balaban J connectivity index is 1.68. The zero-order valence-electron chi connectivity index (χ0n) is 19.5. The smallest absolute Gasteiger partial charge is 0.349 e. The lowest BCUT2D eigenvalue weighted by atomic mass is 9.82. The van der Waals surface area contributed by atoms with Crippen LogP contribution < -0.4 is 10.0 Å². The van der Waals surface area contributed by atoms with Crippen molar-refractivity contribution in [1.82, 2.24) is 5.32 Å². The van der Waals surface area contributed by atoms with Gasteiger partial charge in [-0.1, -0.05) is 37.3 Å². The summed E-state index contributed by atoms with van der Waals surface area (Å²) in [6.45, 7) is 5.83. The molecule has 186 valence electrons. The molecule has 34 heavy (non-hydrogen) atoms. The van der Waals surface area contributed by atoms with Crippen LogP contribution in [0.15, 0.2) is 42.5 Å². The number of alkyl halides is 3. The van der Waals surface area contributed by atoms with E-state index >= 15 is 0 Å². The number of carbonyl (C=O) groups is 1. The SMILES string of the molecule is C[C@@H](NC(=O)C1CC1(C)c1ccc(C(C)(C)C(F)(F)F)cc1)c1ccc(NS(C)(=O)=O)c(F)c1. The van der Waals surface area contributed by atoms with Crippen molar-refractivity contribution >= 4 is 21.6 Å². The Morgan fingerprint density at radius 1 is 1.12 bits per heavy atom. The molecule has 0 radical (unpaired) electrons. The zero-order chi connectivity index (χ0) is 25.7. The fraction of sp³-hybridized carbons (Fsp3) is 0.458. The molecule has 0 saturated heterocycles. The van der Waals surface area contributed by atoms with E-state index in [1.165, 1.54) is 24.3 Å². The summed E-state index contributed by atoms with van der Waals surface area (Å²) in [6, 6.07) is 9.64. The van der Waals surface area contributed by atoms with E-state index in [0.29, 0.717) is 12.0 Å². The molecule has 3 atom stereocenters. The fourth-order valence-corrected chi connectivity index (χ4v) is 4.54. The monoisotopic (exact) mass is 500 g/mol. The first-order valence-electron chi connectivity index (χ1n) is 10.7. The van der Waals surface area contributed by atoms with E-state index in [2.05, 4.69) is 10.0 Å². The third-order valence-corrected chi connectivity index (χ3v) is 7.27. The molecule has 0 heterocycles. The summed E-state index contributed by atoms with van der Waals surface area (Å²) in [6.07, 6.45) is -2.92. The van der Waals surface area contributed by atoms with Crippen LogP contribution in [0.5, 0.6) is 0 Å². The van der Waals surface area contributed by atoms with Gasteiger partial charge in [0.25, 0.3) is 0 Å². The molecule has 1 aliphatic rings. The van der Waals surface area contributed by atoms with Crippen molar-refractivity contribution in [3.8, 4) is 0 Å². The van der Waals surface area contributed by atoms with Gasteiger partial charge in [-0.3, -0.25) is 9.52 Å². The highest BCUT2D eigenvalue weighted by Crippen LogP contribution is 2.54. The van der Waals surface area contributed by atoms with Crippen molar-refractivity contribution in [3.05, 3.63) is 65.0 Å². The Hall–Kier alpha value is -2.62. The standard InChI is InChI=1S/C24H28F4N2O3S/c1-14(15-6-11-20(19(25)12-15)30-34(5,32)33)29-21(31)18-13-23(18,4)17-9-7-16(8-10-17)22(2,3)24(26,27)28/h6-12,14,18,30H,13H2,1-5H3,(H,29,31)/t14-,18?,23?/m1/s1. The number of halogens is 4. The molecular weight excluding hydrogens is 472 g/mol. The van der Waals surface area contributed by atoms with Gasteiger partial charge < -0.3 is 5.32 Å². The largest absolute Gasteiger partial charge is 0.397 e. The predicted molar refractivity (Wildman–Crippen MR) is 122 cm³/mol. The minimum atomic E-state index is -4.38. The molecule has 1 saturated carbocycles. The van der Waals surface area contributed by atoms with Gasteiger partial charge in [0, 0.05) is 11.3 Å². The second-order valence-electron chi connectivity index (χ2n) is 9.72. The normalized spacial score (nSPS) is 21.6. The number of anilines is 1. The summed E-state index contributed by atoms with van der Waals surface area (Å²) >= 11 is 0. The summed E-state index contributed by atoms with van der Waals surface area (Å²) in [7, 11) is -3.63. The fourth-order valence-electron chi connectivity index (χ4n) is 3.98. The van der Waals surface area contributed by atoms with Crippen LogP contribution in [-0.4, -0.2) is 26.8 Å². The van der Waals surface area contributed by atoms with Crippen LogP contribution in [0.25, 0.3) is 0 Å². The van der Waals surface area contributed by atoms with Crippen LogP contribution in [0, 0.1) is 11.7 Å². The Labute approximate surface area is 197 Å². The van der Waals surface area contributed by atoms with Crippen LogP contribution in [-0.2, 0) is 25.6 Å². The molecule has 1 aliphatic carbocycles. The first-order chi connectivity index (χ1) is 15.5. The van der Waals surface area contributed by atoms with Gasteiger partial charge in [-0.15, -0.1) is 0 Å². The highest BCUT2D eigenvalue weighted by Gasteiger charge is 2.56. The molecule has 0 spiro atoms. The Morgan fingerprint density at radius 3 is 2.21 bits per heavy atom. The van der Waals surface area contributed by atoms with Crippen LogP contribution in [0.3, 0.4) is 0 Å². The summed E-state index contributed by atoms with van der Waals surface area (Å²) in [5, 5.41) is 2.84. The van der Waals surface area contributed by atoms with E-state index in [9.17, 15) is 30.8 Å². The number of carbonyl (C=O) groups excluding carboxylic acids is 1. The molecule has 1 fully saturated rings. The highest BCUT2D eigenvalue weighted by atomic mass is 32.2. The maximum absolute atomic E-state index is 14.3. The number of amides is 1. The maximum Gasteiger partial charge on any atom is 0.397 e. The van der Waals surface area contributed by atoms with Crippen LogP contribution in [0.2, 0.25) is 0 Å². The molecule has 1 amide bonds. The minimum Gasteiger partial charge on any atom is -0.349 e. The molecule has 2 aromatic rings. The lowest BCUT2D eigenvalue weighted by Crippen LogP contribution is -2.36. The quantitative estimate of drug-likeness (QED) is 0.514. The molecule has 5 nitrogen and oxygen atoms in total. The topological polar surface area (TPSA) is 75.3 Å². The van der Waals surface area contributed by atoms with E-state index in [-0.39, 0.29) is 23.1 Å². The lowest BCUT2D eigenvalue weighted by molar-refractivity contribution is -0.180. The number of hydrogen-bond donors (Lipinski definition) is 2. The molecule has 0 aromatic heterocycles. The first kappa shape index (κ1) is 26.0. The summed E-state index contributed by atoms with van der Waals surface area (Å²) in [5.41, 5.74) is -1.27. The van der Waals surface area contributed by atoms with Crippen molar-refractivity contribution in [2.75, 3.05) is 11.0 Å². The van der Waals surface area contributed by atoms with Gasteiger partial charge in [0.2, 0.25) is 15.9 Å². The summed E-state index contributed by atoms with van der Waals surface area (Å²) in [4.78, 5) is 12.8. The Morgan fingerprint density at radius 2 is 1.71 bits per heavy atom. The van der Waals surface area contributed by atoms with E-state index in [1.807, 2.05) is 6.92 Å². The molecule has 2 N–H and O–H groups in total. The molecule has 2 aromatic carbocycles. The van der Waals surface area contributed by atoms with Gasteiger partial charge in [0.15, 0.2) is 0 Å². The predicted octanol–water partition coefficient (Wildman–Crippen LogP) is 5.19. The average Bonchev–Trinajstić information content (AvgIpc) is 3.41. The lowest BCUT2D eigenvalue weighted by Gasteiger charge is -2.28. The molecule has 0 bridgehead atoms. The number of sulfonamides is 1. The first-order valence-corrected chi connectivity index (χ1v) is 12.6. The van der Waals surface area contributed by atoms with Gasteiger partial charge in [-0.2, -0.15) is 13.2 Å². The van der Waals surface area contributed by atoms with Crippen molar-refractivity contribution in [1.29, 1.82) is 0 Å². The number of benzene rings is 2. The average molecular weight is 501 g/mol. The van der Waals surface area contributed by atoms with Crippen molar-refractivity contribution in [3.63, 3.8) is 0 Å². The van der Waals surface area contributed by atoms with Crippen molar-refractivity contribution < 1.29 is 30.8 Å². The maximum atomic E-state index is 14.3. The number of nitrogens with one attached hydrogen (secondary N) is 2. The van der Waals surface area contributed by atoms with Crippen LogP contribution >= 0.6 is 0 Å². The van der Waals surface area contributed by atoms with E-state index in [1.54, 1.807) is 19.1 Å². The summed E-state index contributed by atoms with van der Waals surface area (Å²) < 4.78 is 78.9. The van der Waals surface area contributed by atoms with Gasteiger partial charge in [-0.25, -0.2) is 12.8 Å². The third kappa shape index (κ3) is 5.21.